The van der Waals surface area contributed by atoms with Crippen LogP contribution >= 0.6 is 34.8 Å². The number of halogens is 3. The summed E-state index contributed by atoms with van der Waals surface area (Å²) in [5, 5.41) is 12.9. The molecule has 0 aliphatic carbocycles. The number of methoxy groups -OCH3 is 1. The third-order valence-electron chi connectivity index (χ3n) is 2.85. The van der Waals surface area contributed by atoms with Gasteiger partial charge in [-0.1, -0.05) is 46.0 Å². The molecule has 0 atom stereocenters. The maximum Gasteiger partial charge on any atom is 0.180 e. The van der Waals surface area contributed by atoms with Crippen LogP contribution in [0.3, 0.4) is 0 Å². The molecule has 4 nitrogen and oxygen atoms in total. The summed E-state index contributed by atoms with van der Waals surface area (Å²) in [5.74, 6) is 0.803. The molecule has 22 heavy (non-hydrogen) atoms. The first kappa shape index (κ1) is 16.7. The summed E-state index contributed by atoms with van der Waals surface area (Å²) < 4.78 is 11.0. The predicted molar refractivity (Wildman–Crippen MR) is 88.2 cm³/mol. The lowest BCUT2D eigenvalue weighted by atomic mass is 10.2. The van der Waals surface area contributed by atoms with Crippen LogP contribution in [0.1, 0.15) is 11.1 Å². The largest absolute Gasteiger partial charge is 0.493 e. The lowest BCUT2D eigenvalue weighted by molar-refractivity contribution is 0.284. The highest BCUT2D eigenvalue weighted by Crippen LogP contribution is 2.37. The predicted octanol–water partition coefficient (Wildman–Crippen LogP) is 5.04. The van der Waals surface area contributed by atoms with Crippen LogP contribution < -0.4 is 9.47 Å². The summed E-state index contributed by atoms with van der Waals surface area (Å²) >= 11 is 18.1. The number of hydrogen-bond acceptors (Lipinski definition) is 4. The third kappa shape index (κ3) is 3.97. The molecule has 0 heterocycles. The van der Waals surface area contributed by atoms with Crippen LogP contribution in [0.5, 0.6) is 11.5 Å². The van der Waals surface area contributed by atoms with E-state index in [0.29, 0.717) is 32.1 Å². The van der Waals surface area contributed by atoms with Crippen molar-refractivity contribution in [2.45, 2.75) is 6.61 Å². The Morgan fingerprint density at radius 2 is 1.91 bits per heavy atom. The first-order valence-corrected chi connectivity index (χ1v) is 7.30. The van der Waals surface area contributed by atoms with Crippen molar-refractivity contribution in [2.24, 2.45) is 5.16 Å². The van der Waals surface area contributed by atoms with Crippen molar-refractivity contribution < 1.29 is 14.7 Å². The van der Waals surface area contributed by atoms with Gasteiger partial charge in [0.15, 0.2) is 11.5 Å². The van der Waals surface area contributed by atoms with Gasteiger partial charge in [-0.3, -0.25) is 0 Å². The molecule has 0 saturated heterocycles. The number of benzene rings is 2. The van der Waals surface area contributed by atoms with Crippen LogP contribution in [0.2, 0.25) is 15.1 Å². The van der Waals surface area contributed by atoms with Gasteiger partial charge in [-0.15, -0.1) is 0 Å². The second kappa shape index (κ2) is 7.58. The van der Waals surface area contributed by atoms with E-state index in [0.717, 1.165) is 5.56 Å². The van der Waals surface area contributed by atoms with Crippen LogP contribution in [0.15, 0.2) is 35.5 Å². The highest BCUT2D eigenvalue weighted by atomic mass is 35.5. The van der Waals surface area contributed by atoms with Gasteiger partial charge in [0.2, 0.25) is 0 Å². The van der Waals surface area contributed by atoms with Crippen molar-refractivity contribution in [1.82, 2.24) is 0 Å². The summed E-state index contributed by atoms with van der Waals surface area (Å²) in [6.07, 6.45) is 1.24. The molecule has 116 valence electrons. The van der Waals surface area contributed by atoms with Crippen LogP contribution in [-0.4, -0.2) is 18.5 Å². The molecule has 2 aromatic carbocycles. The number of oxime groups is 1. The summed E-state index contributed by atoms with van der Waals surface area (Å²) in [6.45, 7) is 0.208. The van der Waals surface area contributed by atoms with E-state index in [9.17, 15) is 0 Å². The molecule has 0 bridgehead atoms. The molecule has 7 heteroatoms. The zero-order valence-electron chi connectivity index (χ0n) is 11.5. The van der Waals surface area contributed by atoms with E-state index in [4.69, 9.17) is 49.5 Å². The molecule has 0 aliphatic heterocycles. The standard InChI is InChI=1S/C15H12Cl3NO3/c1-21-14-5-9(7-19-20)4-13(18)15(14)22-8-10-2-3-11(16)6-12(10)17/h2-7,20H,8H2,1H3/b19-7-. The zero-order valence-corrected chi connectivity index (χ0v) is 13.8. The molecule has 0 aliphatic rings. The van der Waals surface area contributed by atoms with Crippen molar-refractivity contribution in [3.63, 3.8) is 0 Å². The lowest BCUT2D eigenvalue weighted by Gasteiger charge is -2.14. The molecule has 0 spiro atoms. The topological polar surface area (TPSA) is 51.0 Å². The smallest absolute Gasteiger partial charge is 0.180 e. The van der Waals surface area contributed by atoms with Crippen molar-refractivity contribution in [2.75, 3.05) is 7.11 Å². The van der Waals surface area contributed by atoms with E-state index < -0.39 is 0 Å². The van der Waals surface area contributed by atoms with Crippen LogP contribution in [0.4, 0.5) is 0 Å². The fraction of sp³-hybridized carbons (Fsp3) is 0.133. The molecule has 2 aromatic rings. The van der Waals surface area contributed by atoms with Gasteiger partial charge in [0.25, 0.3) is 0 Å². The maximum atomic E-state index is 8.58. The average molecular weight is 361 g/mol. The van der Waals surface area contributed by atoms with E-state index in [1.54, 1.807) is 30.3 Å². The molecule has 0 saturated carbocycles. The van der Waals surface area contributed by atoms with Crippen molar-refractivity contribution >= 4 is 41.0 Å². The minimum absolute atomic E-state index is 0.208. The average Bonchev–Trinajstić information content (AvgIpc) is 2.47. The molecular formula is C15H12Cl3NO3. The fourth-order valence-corrected chi connectivity index (χ4v) is 2.55. The molecule has 2 rings (SSSR count). The number of hydrogen-bond donors (Lipinski definition) is 1. The Balaban J connectivity index is 2.25. The van der Waals surface area contributed by atoms with Crippen molar-refractivity contribution in [3.8, 4) is 11.5 Å². The van der Waals surface area contributed by atoms with E-state index in [1.807, 2.05) is 0 Å². The monoisotopic (exact) mass is 359 g/mol. The van der Waals surface area contributed by atoms with Gasteiger partial charge in [-0.2, -0.15) is 0 Å². The van der Waals surface area contributed by atoms with Gasteiger partial charge >= 0.3 is 0 Å². The lowest BCUT2D eigenvalue weighted by Crippen LogP contribution is -2.00. The molecule has 0 radical (unpaired) electrons. The maximum absolute atomic E-state index is 8.58. The Morgan fingerprint density at radius 1 is 1.14 bits per heavy atom. The van der Waals surface area contributed by atoms with Crippen LogP contribution in [0, 0.1) is 0 Å². The highest BCUT2D eigenvalue weighted by Gasteiger charge is 2.13. The zero-order chi connectivity index (χ0) is 16.1. The van der Waals surface area contributed by atoms with Crippen molar-refractivity contribution in [1.29, 1.82) is 0 Å². The van der Waals surface area contributed by atoms with Gasteiger partial charge in [-0.05, 0) is 24.3 Å². The van der Waals surface area contributed by atoms with Gasteiger partial charge in [0.05, 0.1) is 18.3 Å². The Labute approximate surface area is 142 Å². The molecule has 0 fully saturated rings. The van der Waals surface area contributed by atoms with E-state index in [2.05, 4.69) is 5.16 Å². The summed E-state index contributed by atoms with van der Waals surface area (Å²) in [6, 6.07) is 8.39. The Bertz CT molecular complexity index is 705. The summed E-state index contributed by atoms with van der Waals surface area (Å²) in [4.78, 5) is 0. The Hall–Kier alpha value is -1.62. The molecule has 0 unspecified atom stereocenters. The fourth-order valence-electron chi connectivity index (χ4n) is 1.81. The second-order valence-electron chi connectivity index (χ2n) is 4.30. The highest BCUT2D eigenvalue weighted by molar-refractivity contribution is 6.35. The molecule has 0 aromatic heterocycles. The van der Waals surface area contributed by atoms with Crippen molar-refractivity contribution in [3.05, 3.63) is 56.5 Å². The summed E-state index contributed by atoms with van der Waals surface area (Å²) in [5.41, 5.74) is 1.35. The van der Waals surface area contributed by atoms with Crippen LogP contribution in [0.25, 0.3) is 0 Å². The minimum atomic E-state index is 0.208. The summed E-state index contributed by atoms with van der Waals surface area (Å²) in [7, 11) is 1.49. The number of rotatable bonds is 5. The minimum Gasteiger partial charge on any atom is -0.493 e. The van der Waals surface area contributed by atoms with E-state index in [1.165, 1.54) is 13.3 Å². The molecule has 0 amide bonds. The normalized spacial score (nSPS) is 10.9. The van der Waals surface area contributed by atoms with E-state index in [-0.39, 0.29) is 6.61 Å². The number of nitrogens with zero attached hydrogens (tertiary/aromatic N) is 1. The van der Waals surface area contributed by atoms with Gasteiger partial charge < -0.3 is 14.7 Å². The van der Waals surface area contributed by atoms with Gasteiger partial charge in [-0.25, -0.2) is 0 Å². The van der Waals surface area contributed by atoms with E-state index >= 15 is 0 Å². The number of ether oxygens (including phenoxy) is 2. The first-order valence-electron chi connectivity index (χ1n) is 6.17. The second-order valence-corrected chi connectivity index (χ2v) is 5.55. The SMILES string of the molecule is COc1cc(/C=N\O)cc(Cl)c1OCc1ccc(Cl)cc1Cl. The molecule has 1 N–H and O–H groups in total. The first-order chi connectivity index (χ1) is 10.5. The quantitative estimate of drug-likeness (QED) is 0.461. The Kier molecular flexibility index (Phi) is 5.77. The van der Waals surface area contributed by atoms with Gasteiger partial charge in [0, 0.05) is 21.2 Å². The van der Waals surface area contributed by atoms with Gasteiger partial charge in [0.1, 0.15) is 6.61 Å². The Morgan fingerprint density at radius 3 is 2.55 bits per heavy atom. The third-order valence-corrected chi connectivity index (χ3v) is 3.71. The molecular weight excluding hydrogens is 349 g/mol. The van der Waals surface area contributed by atoms with Crippen LogP contribution in [-0.2, 0) is 6.61 Å².